The zero-order valence-electron chi connectivity index (χ0n) is 20.6. The molecule has 0 aliphatic heterocycles. The van der Waals surface area contributed by atoms with Crippen LogP contribution in [0.2, 0.25) is 0 Å². The van der Waals surface area contributed by atoms with Gasteiger partial charge in [0.2, 0.25) is 5.91 Å². The highest BCUT2D eigenvalue weighted by Crippen LogP contribution is 2.30. The van der Waals surface area contributed by atoms with E-state index in [1.54, 1.807) is 24.3 Å². The molecule has 0 spiro atoms. The van der Waals surface area contributed by atoms with Gasteiger partial charge in [-0.2, -0.15) is 0 Å². The predicted octanol–water partition coefficient (Wildman–Crippen LogP) is 5.76. The number of ether oxygens (including phenoxy) is 1. The SMILES string of the molecule is CCOc1ccc(C(=O)NCCn2cc(SCC(=O)Nc3ccc(CC)cc3)c3ccccc32)cc1. The van der Waals surface area contributed by atoms with Gasteiger partial charge in [-0.1, -0.05) is 37.3 Å². The van der Waals surface area contributed by atoms with Crippen molar-refractivity contribution in [2.24, 2.45) is 0 Å². The van der Waals surface area contributed by atoms with Crippen molar-refractivity contribution in [2.75, 3.05) is 24.2 Å². The number of anilines is 1. The minimum absolute atomic E-state index is 0.0382. The number of rotatable bonds is 11. The van der Waals surface area contributed by atoms with Crippen molar-refractivity contribution in [3.8, 4) is 5.75 Å². The molecule has 2 amide bonds. The third-order valence-corrected chi connectivity index (χ3v) is 6.87. The number of nitrogens with one attached hydrogen (secondary N) is 2. The van der Waals surface area contributed by atoms with Crippen LogP contribution in [0.4, 0.5) is 5.69 Å². The van der Waals surface area contributed by atoms with Crippen LogP contribution in [-0.2, 0) is 17.8 Å². The first kappa shape index (κ1) is 25.4. The van der Waals surface area contributed by atoms with Gasteiger partial charge in [-0.3, -0.25) is 9.59 Å². The summed E-state index contributed by atoms with van der Waals surface area (Å²) in [4.78, 5) is 26.1. The summed E-state index contributed by atoms with van der Waals surface area (Å²) >= 11 is 1.52. The third kappa shape index (κ3) is 6.49. The van der Waals surface area contributed by atoms with Crippen LogP contribution in [0.3, 0.4) is 0 Å². The second kappa shape index (κ2) is 12.3. The smallest absolute Gasteiger partial charge is 0.251 e. The molecule has 0 fully saturated rings. The number of carbonyl (C=O) groups excluding carboxylic acids is 2. The van der Waals surface area contributed by atoms with Crippen molar-refractivity contribution in [3.05, 3.63) is 90.1 Å². The van der Waals surface area contributed by atoms with Crippen LogP contribution in [0.25, 0.3) is 10.9 Å². The van der Waals surface area contributed by atoms with Crippen LogP contribution in [0, 0.1) is 0 Å². The van der Waals surface area contributed by atoms with E-state index < -0.39 is 0 Å². The van der Waals surface area contributed by atoms with Gasteiger partial charge in [0.15, 0.2) is 0 Å². The Kier molecular flexibility index (Phi) is 8.68. The Morgan fingerprint density at radius 2 is 1.69 bits per heavy atom. The van der Waals surface area contributed by atoms with Gasteiger partial charge in [0.05, 0.1) is 12.4 Å². The summed E-state index contributed by atoms with van der Waals surface area (Å²) in [5, 5.41) is 7.05. The lowest BCUT2D eigenvalue weighted by Crippen LogP contribution is -2.27. The number of benzene rings is 3. The molecule has 0 bridgehead atoms. The minimum Gasteiger partial charge on any atom is -0.494 e. The van der Waals surface area contributed by atoms with Crippen LogP contribution in [0.1, 0.15) is 29.8 Å². The Bertz CT molecular complexity index is 1310. The first-order valence-electron chi connectivity index (χ1n) is 12.2. The molecule has 4 aromatic rings. The average molecular weight is 502 g/mol. The van der Waals surface area contributed by atoms with Gasteiger partial charge in [-0.15, -0.1) is 11.8 Å². The first-order chi connectivity index (χ1) is 17.6. The van der Waals surface area contributed by atoms with E-state index in [4.69, 9.17) is 4.74 Å². The number of aromatic nitrogens is 1. The molecular formula is C29H31N3O3S. The Morgan fingerprint density at radius 3 is 2.42 bits per heavy atom. The van der Waals surface area contributed by atoms with Crippen LogP contribution >= 0.6 is 11.8 Å². The topological polar surface area (TPSA) is 72.4 Å². The number of hydrogen-bond acceptors (Lipinski definition) is 4. The van der Waals surface area contributed by atoms with Crippen molar-refractivity contribution >= 4 is 40.2 Å². The van der Waals surface area contributed by atoms with Crippen molar-refractivity contribution < 1.29 is 14.3 Å². The van der Waals surface area contributed by atoms with Gasteiger partial charge in [-0.05, 0) is 61.4 Å². The maximum atomic E-state index is 12.5. The summed E-state index contributed by atoms with van der Waals surface area (Å²) < 4.78 is 7.56. The molecule has 7 heteroatoms. The summed E-state index contributed by atoms with van der Waals surface area (Å²) in [6, 6.07) is 23.2. The van der Waals surface area contributed by atoms with E-state index in [1.807, 2.05) is 43.3 Å². The molecule has 0 aliphatic carbocycles. The summed E-state index contributed by atoms with van der Waals surface area (Å²) in [5.41, 5.74) is 3.72. The number of para-hydroxylation sites is 1. The molecule has 0 saturated carbocycles. The van der Waals surface area contributed by atoms with Crippen molar-refractivity contribution in [2.45, 2.75) is 31.7 Å². The Morgan fingerprint density at radius 1 is 0.944 bits per heavy atom. The summed E-state index contributed by atoms with van der Waals surface area (Å²) in [5.74, 6) is 0.912. The normalized spacial score (nSPS) is 10.8. The van der Waals surface area contributed by atoms with Crippen molar-refractivity contribution in [1.29, 1.82) is 0 Å². The number of fused-ring (bicyclic) bond motifs is 1. The minimum atomic E-state index is -0.118. The zero-order chi connectivity index (χ0) is 25.3. The Balaban J connectivity index is 1.34. The van der Waals surface area contributed by atoms with E-state index in [0.717, 1.165) is 33.7 Å². The lowest BCUT2D eigenvalue weighted by molar-refractivity contribution is -0.113. The molecule has 36 heavy (non-hydrogen) atoms. The predicted molar refractivity (Wildman–Crippen MR) is 147 cm³/mol. The maximum Gasteiger partial charge on any atom is 0.251 e. The number of hydrogen-bond donors (Lipinski definition) is 2. The summed E-state index contributed by atoms with van der Waals surface area (Å²) in [7, 11) is 0. The molecule has 1 aromatic heterocycles. The molecule has 0 saturated heterocycles. The van der Waals surface area contributed by atoms with Gasteiger partial charge >= 0.3 is 0 Å². The number of carbonyl (C=O) groups is 2. The van der Waals surface area contributed by atoms with Crippen LogP contribution in [0.5, 0.6) is 5.75 Å². The molecule has 0 aliphatic rings. The quantitative estimate of drug-likeness (QED) is 0.256. The molecule has 4 rings (SSSR count). The first-order valence-corrected chi connectivity index (χ1v) is 13.2. The fourth-order valence-electron chi connectivity index (χ4n) is 3.94. The molecule has 3 aromatic carbocycles. The van der Waals surface area contributed by atoms with Gasteiger partial charge in [0, 0.05) is 46.3 Å². The monoisotopic (exact) mass is 501 g/mol. The van der Waals surface area contributed by atoms with Crippen molar-refractivity contribution in [1.82, 2.24) is 9.88 Å². The average Bonchev–Trinajstić information content (AvgIpc) is 3.26. The largest absolute Gasteiger partial charge is 0.494 e. The van der Waals surface area contributed by atoms with Gasteiger partial charge in [0.1, 0.15) is 5.75 Å². The van der Waals surface area contributed by atoms with E-state index in [1.165, 1.54) is 17.3 Å². The Hall–Kier alpha value is -3.71. The van der Waals surface area contributed by atoms with Crippen LogP contribution in [-0.4, -0.2) is 35.3 Å². The highest BCUT2D eigenvalue weighted by atomic mass is 32.2. The van der Waals surface area contributed by atoms with E-state index >= 15 is 0 Å². The molecular weight excluding hydrogens is 470 g/mol. The number of amides is 2. The van der Waals surface area contributed by atoms with Gasteiger partial charge in [-0.25, -0.2) is 0 Å². The molecule has 6 nitrogen and oxygen atoms in total. The fraction of sp³-hybridized carbons (Fsp3) is 0.241. The second-order valence-electron chi connectivity index (χ2n) is 8.30. The van der Waals surface area contributed by atoms with E-state index in [9.17, 15) is 9.59 Å². The Labute approximate surface area is 216 Å². The van der Waals surface area contributed by atoms with Gasteiger partial charge < -0.3 is 19.9 Å². The maximum absolute atomic E-state index is 12.5. The highest BCUT2D eigenvalue weighted by molar-refractivity contribution is 8.00. The van der Waals surface area contributed by atoms with Crippen LogP contribution < -0.4 is 15.4 Å². The number of nitrogens with zero attached hydrogens (tertiary/aromatic N) is 1. The molecule has 1 heterocycles. The van der Waals surface area contributed by atoms with Crippen molar-refractivity contribution in [3.63, 3.8) is 0 Å². The fourth-order valence-corrected chi connectivity index (χ4v) is 4.83. The second-order valence-corrected chi connectivity index (χ2v) is 9.32. The standard InChI is InChI=1S/C29H31N3O3S/c1-3-21-9-13-23(14-10-21)31-28(33)20-36-27-19-32(26-8-6-5-7-25(26)27)18-17-30-29(34)22-11-15-24(16-12-22)35-4-2/h5-16,19H,3-4,17-18,20H2,1-2H3,(H,30,34)(H,31,33). The lowest BCUT2D eigenvalue weighted by atomic mass is 10.1. The summed E-state index contributed by atoms with van der Waals surface area (Å²) in [6.07, 6.45) is 3.03. The molecule has 0 unspecified atom stereocenters. The van der Waals surface area contributed by atoms with E-state index in [0.29, 0.717) is 31.0 Å². The van der Waals surface area contributed by atoms with E-state index in [-0.39, 0.29) is 11.8 Å². The molecule has 186 valence electrons. The van der Waals surface area contributed by atoms with Gasteiger partial charge in [0.25, 0.3) is 5.91 Å². The highest BCUT2D eigenvalue weighted by Gasteiger charge is 2.12. The number of thioether (sulfide) groups is 1. The van der Waals surface area contributed by atoms with E-state index in [2.05, 4.69) is 40.5 Å². The number of aryl methyl sites for hydroxylation is 1. The lowest BCUT2D eigenvalue weighted by Gasteiger charge is -2.08. The van der Waals surface area contributed by atoms with Crippen LogP contribution in [0.15, 0.2) is 83.9 Å². The third-order valence-electron chi connectivity index (χ3n) is 5.82. The molecule has 2 N–H and O–H groups in total. The summed E-state index contributed by atoms with van der Waals surface area (Å²) in [6.45, 7) is 5.74. The molecule has 0 radical (unpaired) electrons. The molecule has 0 atom stereocenters. The zero-order valence-corrected chi connectivity index (χ0v) is 21.4.